The minimum atomic E-state index is -2.10. The Morgan fingerprint density at radius 3 is 2.08 bits per heavy atom. The van der Waals surface area contributed by atoms with Crippen molar-refractivity contribution in [1.82, 2.24) is 4.57 Å². The maximum Gasteiger partial charge on any atom is 0.243 e. The van der Waals surface area contributed by atoms with Crippen molar-refractivity contribution in [2.24, 2.45) is 7.05 Å². The van der Waals surface area contributed by atoms with Crippen LogP contribution in [-0.4, -0.2) is 18.7 Å². The van der Waals surface area contributed by atoms with E-state index in [1.165, 1.54) is 0 Å². The van der Waals surface area contributed by atoms with E-state index < -0.39 is 10.7 Å². The molecule has 0 N–H and O–H groups in total. The van der Waals surface area contributed by atoms with Crippen LogP contribution in [0.15, 0.2) is 18.7 Å². The molecule has 0 saturated heterocycles. The van der Waals surface area contributed by atoms with Gasteiger partial charge in [-0.3, -0.25) is 0 Å². The molecular weight excluding hydrogens is 188 g/mol. The highest BCUT2D eigenvalue weighted by Gasteiger charge is 1.92. The Kier molecular flexibility index (Phi) is 6.22. The third kappa shape index (κ3) is 6.33. The third-order valence-corrected chi connectivity index (χ3v) is 1.96. The van der Waals surface area contributed by atoms with E-state index in [4.69, 9.17) is 0 Å². The van der Waals surface area contributed by atoms with Gasteiger partial charge in [0.1, 0.15) is 23.1 Å². The smallest absolute Gasteiger partial charge is 0.240 e. The van der Waals surface area contributed by atoms with E-state index in [2.05, 4.69) is 24.0 Å². The molecule has 1 rings (SSSR count). The molecule has 5 heteroatoms. The van der Waals surface area contributed by atoms with Gasteiger partial charge >= 0.3 is 0 Å². The summed E-state index contributed by atoms with van der Waals surface area (Å²) in [5.41, 5.74) is 0. The zero-order chi connectivity index (χ0) is 10.3. The SMILES string of the molecule is CC[SH](=O)=O.CC[n+]1ccn(C)c1. The molecular formula is C8H17N2O2S+. The maximum atomic E-state index is 9.41. The average Bonchev–Trinajstić information content (AvgIpc) is 2.52. The van der Waals surface area contributed by atoms with Crippen molar-refractivity contribution < 1.29 is 13.0 Å². The predicted molar refractivity (Wildman–Crippen MR) is 52.1 cm³/mol. The van der Waals surface area contributed by atoms with E-state index in [-0.39, 0.29) is 5.75 Å². The monoisotopic (exact) mass is 205 g/mol. The lowest BCUT2D eigenvalue weighted by Gasteiger charge is -1.81. The van der Waals surface area contributed by atoms with Crippen molar-refractivity contribution in [3.05, 3.63) is 18.7 Å². The molecule has 0 aromatic carbocycles. The number of imidazole rings is 1. The fraction of sp³-hybridized carbons (Fsp3) is 0.625. The van der Waals surface area contributed by atoms with E-state index in [1.807, 2.05) is 17.8 Å². The Hall–Kier alpha value is -0.840. The second-order valence-electron chi connectivity index (χ2n) is 2.56. The normalized spacial score (nSPS) is 9.54. The average molecular weight is 205 g/mol. The first-order chi connectivity index (χ1) is 6.10. The van der Waals surface area contributed by atoms with Crippen molar-refractivity contribution in [3.63, 3.8) is 0 Å². The minimum Gasteiger partial charge on any atom is -0.240 e. The summed E-state index contributed by atoms with van der Waals surface area (Å²) in [6.07, 6.45) is 6.14. The molecule has 13 heavy (non-hydrogen) atoms. The lowest BCUT2D eigenvalue weighted by Crippen LogP contribution is -2.28. The molecule has 0 atom stereocenters. The third-order valence-electron chi connectivity index (χ3n) is 1.45. The maximum absolute atomic E-state index is 9.41. The first-order valence-corrected chi connectivity index (χ1v) is 5.59. The molecule has 76 valence electrons. The van der Waals surface area contributed by atoms with Crippen LogP contribution in [0.1, 0.15) is 13.8 Å². The second-order valence-corrected chi connectivity index (χ2v) is 3.86. The van der Waals surface area contributed by atoms with E-state index >= 15 is 0 Å². The minimum absolute atomic E-state index is 0.259. The van der Waals surface area contributed by atoms with Crippen molar-refractivity contribution in [1.29, 1.82) is 0 Å². The number of aromatic nitrogens is 2. The first-order valence-electron chi connectivity index (χ1n) is 4.23. The molecule has 0 fully saturated rings. The van der Waals surface area contributed by atoms with Gasteiger partial charge in [0.25, 0.3) is 0 Å². The first kappa shape index (κ1) is 12.2. The van der Waals surface area contributed by atoms with E-state index in [1.54, 1.807) is 6.92 Å². The van der Waals surface area contributed by atoms with Crippen molar-refractivity contribution in [2.45, 2.75) is 20.4 Å². The Morgan fingerprint density at radius 1 is 1.38 bits per heavy atom. The van der Waals surface area contributed by atoms with Gasteiger partial charge in [-0.2, -0.15) is 0 Å². The van der Waals surface area contributed by atoms with Crippen LogP contribution in [0.25, 0.3) is 0 Å². The van der Waals surface area contributed by atoms with Gasteiger partial charge in [0.05, 0.1) is 13.6 Å². The summed E-state index contributed by atoms with van der Waals surface area (Å²) in [6.45, 7) is 4.78. The highest BCUT2D eigenvalue weighted by molar-refractivity contribution is 7.72. The summed E-state index contributed by atoms with van der Waals surface area (Å²) >= 11 is 0. The van der Waals surface area contributed by atoms with Crippen LogP contribution in [0.2, 0.25) is 0 Å². The molecule has 1 aromatic heterocycles. The molecule has 0 radical (unpaired) electrons. The van der Waals surface area contributed by atoms with Crippen molar-refractivity contribution >= 4 is 10.7 Å². The summed E-state index contributed by atoms with van der Waals surface area (Å²) < 4.78 is 23.0. The molecule has 1 heterocycles. The van der Waals surface area contributed by atoms with Crippen LogP contribution in [0.5, 0.6) is 0 Å². The summed E-state index contributed by atoms with van der Waals surface area (Å²) in [7, 11) is -0.0783. The largest absolute Gasteiger partial charge is 0.243 e. The van der Waals surface area contributed by atoms with Crippen LogP contribution >= 0.6 is 0 Å². The Labute approximate surface area is 80.8 Å². The van der Waals surface area contributed by atoms with Gasteiger partial charge in [-0.15, -0.1) is 0 Å². The molecule has 0 spiro atoms. The summed E-state index contributed by atoms with van der Waals surface area (Å²) in [5.74, 6) is 0.259. The number of rotatable bonds is 2. The highest BCUT2D eigenvalue weighted by atomic mass is 32.2. The van der Waals surface area contributed by atoms with Crippen LogP contribution in [-0.2, 0) is 24.3 Å². The van der Waals surface area contributed by atoms with Crippen LogP contribution in [0.4, 0.5) is 0 Å². The van der Waals surface area contributed by atoms with Gasteiger partial charge in [0, 0.05) is 5.75 Å². The molecule has 0 aliphatic carbocycles. The zero-order valence-electron chi connectivity index (χ0n) is 8.30. The van der Waals surface area contributed by atoms with Crippen molar-refractivity contribution in [3.8, 4) is 0 Å². The van der Waals surface area contributed by atoms with Crippen molar-refractivity contribution in [2.75, 3.05) is 5.75 Å². The van der Waals surface area contributed by atoms with Crippen LogP contribution in [0, 0.1) is 0 Å². The molecule has 0 unspecified atom stereocenters. The van der Waals surface area contributed by atoms with Crippen LogP contribution in [0.3, 0.4) is 0 Å². The molecule has 0 aliphatic rings. The predicted octanol–water partition coefficient (Wildman–Crippen LogP) is -0.0498. The second kappa shape index (κ2) is 6.65. The van der Waals surface area contributed by atoms with Gasteiger partial charge < -0.3 is 0 Å². The molecule has 4 nitrogen and oxygen atoms in total. The Morgan fingerprint density at radius 2 is 1.92 bits per heavy atom. The molecule has 0 bridgehead atoms. The number of hydrogen-bond acceptors (Lipinski definition) is 2. The Bertz CT molecular complexity index is 297. The van der Waals surface area contributed by atoms with Crippen LogP contribution < -0.4 is 4.57 Å². The topological polar surface area (TPSA) is 43.0 Å². The van der Waals surface area contributed by atoms with E-state index in [9.17, 15) is 8.42 Å². The van der Waals surface area contributed by atoms with E-state index in [0.717, 1.165) is 6.54 Å². The molecule has 0 amide bonds. The van der Waals surface area contributed by atoms with Gasteiger partial charge in [0.15, 0.2) is 0 Å². The quantitative estimate of drug-likeness (QED) is 0.543. The molecule has 0 saturated carbocycles. The summed E-state index contributed by atoms with van der Waals surface area (Å²) in [4.78, 5) is 0. The number of hydrogen-bond donors (Lipinski definition) is 1. The Balaban J connectivity index is 0.000000252. The highest BCUT2D eigenvalue weighted by Crippen LogP contribution is 1.74. The number of aryl methyl sites for hydroxylation is 2. The standard InChI is InChI=1S/C6H11N2.C2H6O2S/c1-3-8-5-4-7(2)6-8;1-2-5(3)4/h4-6H,3H2,1-2H3;5H,2H2,1H3/q+1;. The van der Waals surface area contributed by atoms with E-state index in [0.29, 0.717) is 0 Å². The zero-order valence-corrected chi connectivity index (χ0v) is 9.20. The number of nitrogens with zero attached hydrogens (tertiary/aromatic N) is 2. The lowest BCUT2D eigenvalue weighted by molar-refractivity contribution is -0.693. The number of thiol groups is 1. The summed E-state index contributed by atoms with van der Waals surface area (Å²) in [6, 6.07) is 0. The lowest BCUT2D eigenvalue weighted by atomic mass is 10.7. The van der Waals surface area contributed by atoms with Gasteiger partial charge in [0.2, 0.25) is 6.33 Å². The fourth-order valence-electron chi connectivity index (χ4n) is 0.689. The molecule has 1 aromatic rings. The van der Waals surface area contributed by atoms with Gasteiger partial charge in [-0.25, -0.2) is 17.6 Å². The van der Waals surface area contributed by atoms with Gasteiger partial charge in [-0.1, -0.05) is 6.92 Å². The van der Waals surface area contributed by atoms with Gasteiger partial charge in [-0.05, 0) is 6.92 Å². The summed E-state index contributed by atoms with van der Waals surface area (Å²) in [5, 5.41) is 0. The fourth-order valence-corrected chi connectivity index (χ4v) is 0.689. The molecule has 0 aliphatic heterocycles.